The average Bonchev–Trinajstić information content (AvgIpc) is 2.48. The van der Waals surface area contributed by atoms with E-state index >= 15 is 0 Å². The Kier molecular flexibility index (Phi) is 5.07. The Labute approximate surface area is 125 Å². The summed E-state index contributed by atoms with van der Waals surface area (Å²) in [4.78, 5) is 12.1. The number of anilines is 1. The summed E-state index contributed by atoms with van der Waals surface area (Å²) in [5, 5.41) is 3.32. The molecule has 1 heterocycles. The lowest BCUT2D eigenvalue weighted by Crippen LogP contribution is -2.56. The molecule has 0 aliphatic carbocycles. The van der Waals surface area contributed by atoms with Gasteiger partial charge in [0.05, 0.1) is 18.9 Å². The first-order valence-electron chi connectivity index (χ1n) is 7.44. The third-order valence-corrected chi connectivity index (χ3v) is 4.02. The Morgan fingerprint density at radius 2 is 2.29 bits per heavy atom. The Morgan fingerprint density at radius 1 is 1.52 bits per heavy atom. The Hall–Kier alpha value is -1.75. The molecule has 0 radical (unpaired) electrons. The second kappa shape index (κ2) is 6.80. The largest absolute Gasteiger partial charge is 0.495 e. The molecule has 1 amide bonds. The Bertz CT molecular complexity index is 490. The molecule has 21 heavy (non-hydrogen) atoms. The van der Waals surface area contributed by atoms with Crippen LogP contribution in [-0.4, -0.2) is 31.3 Å². The van der Waals surface area contributed by atoms with Crippen LogP contribution in [0.5, 0.6) is 5.75 Å². The SMILES string of the molecule is CCCC1CC(Nc2ccccc2OC)(C(N)=O)CCO1. The van der Waals surface area contributed by atoms with Gasteiger partial charge < -0.3 is 20.5 Å². The van der Waals surface area contributed by atoms with Gasteiger partial charge in [-0.1, -0.05) is 25.5 Å². The standard InChI is InChI=1S/C16H24N2O3/c1-3-6-12-11-16(15(17)19,9-10-21-12)18-13-7-4-5-8-14(13)20-2/h4-5,7-8,12,18H,3,6,9-11H2,1-2H3,(H2,17,19). The highest BCUT2D eigenvalue weighted by Gasteiger charge is 2.42. The highest BCUT2D eigenvalue weighted by atomic mass is 16.5. The van der Waals surface area contributed by atoms with Gasteiger partial charge in [0.25, 0.3) is 0 Å². The lowest BCUT2D eigenvalue weighted by Gasteiger charge is -2.40. The fourth-order valence-corrected chi connectivity index (χ4v) is 2.86. The Balaban J connectivity index is 2.24. The minimum absolute atomic E-state index is 0.0680. The number of carbonyl (C=O) groups is 1. The van der Waals surface area contributed by atoms with E-state index in [0.29, 0.717) is 25.2 Å². The predicted molar refractivity (Wildman–Crippen MR) is 82.4 cm³/mol. The first kappa shape index (κ1) is 15.6. The van der Waals surface area contributed by atoms with Gasteiger partial charge in [0.2, 0.25) is 5.91 Å². The topological polar surface area (TPSA) is 73.6 Å². The number of nitrogens with one attached hydrogen (secondary N) is 1. The summed E-state index contributed by atoms with van der Waals surface area (Å²) in [6, 6.07) is 7.56. The monoisotopic (exact) mass is 292 g/mol. The van der Waals surface area contributed by atoms with Crippen LogP contribution in [0.4, 0.5) is 5.69 Å². The number of amides is 1. The predicted octanol–water partition coefficient (Wildman–Crippen LogP) is 2.31. The van der Waals surface area contributed by atoms with Crippen molar-refractivity contribution in [1.82, 2.24) is 0 Å². The molecule has 1 aliphatic rings. The first-order chi connectivity index (χ1) is 10.1. The summed E-state index contributed by atoms with van der Waals surface area (Å²) >= 11 is 0. The van der Waals surface area contributed by atoms with E-state index in [4.69, 9.17) is 15.2 Å². The van der Waals surface area contributed by atoms with Gasteiger partial charge in [-0.3, -0.25) is 4.79 Å². The van der Waals surface area contributed by atoms with Crippen molar-refractivity contribution in [3.63, 3.8) is 0 Å². The molecule has 5 heteroatoms. The number of hydrogen-bond acceptors (Lipinski definition) is 4. The van der Waals surface area contributed by atoms with E-state index in [1.807, 2.05) is 24.3 Å². The maximum atomic E-state index is 12.1. The number of rotatable bonds is 6. The van der Waals surface area contributed by atoms with Gasteiger partial charge in [-0.25, -0.2) is 0 Å². The molecule has 2 atom stereocenters. The number of ether oxygens (including phenoxy) is 2. The molecule has 2 rings (SSSR count). The maximum Gasteiger partial charge on any atom is 0.243 e. The minimum Gasteiger partial charge on any atom is -0.495 e. The van der Waals surface area contributed by atoms with Crippen molar-refractivity contribution in [3.05, 3.63) is 24.3 Å². The second-order valence-electron chi connectivity index (χ2n) is 5.51. The summed E-state index contributed by atoms with van der Waals surface area (Å²) in [5.41, 5.74) is 5.72. The van der Waals surface area contributed by atoms with Gasteiger partial charge in [0, 0.05) is 19.4 Å². The van der Waals surface area contributed by atoms with Gasteiger partial charge in [-0.2, -0.15) is 0 Å². The third kappa shape index (κ3) is 3.47. The highest BCUT2D eigenvalue weighted by Crippen LogP contribution is 2.34. The second-order valence-corrected chi connectivity index (χ2v) is 5.51. The van der Waals surface area contributed by atoms with Crippen molar-refractivity contribution in [2.24, 2.45) is 5.73 Å². The summed E-state index contributed by atoms with van der Waals surface area (Å²) in [6.07, 6.45) is 3.18. The van der Waals surface area contributed by atoms with Crippen molar-refractivity contribution in [2.75, 3.05) is 19.0 Å². The van der Waals surface area contributed by atoms with Crippen molar-refractivity contribution in [2.45, 2.75) is 44.2 Å². The molecule has 0 spiro atoms. The number of para-hydroxylation sites is 2. The van der Waals surface area contributed by atoms with Crippen molar-refractivity contribution >= 4 is 11.6 Å². The molecule has 1 aromatic carbocycles. The van der Waals surface area contributed by atoms with Crippen molar-refractivity contribution in [1.29, 1.82) is 0 Å². The summed E-state index contributed by atoms with van der Waals surface area (Å²) in [5.74, 6) is 0.370. The molecule has 0 saturated carbocycles. The van der Waals surface area contributed by atoms with E-state index < -0.39 is 5.54 Å². The van der Waals surface area contributed by atoms with E-state index in [0.717, 1.165) is 18.5 Å². The highest BCUT2D eigenvalue weighted by molar-refractivity contribution is 5.88. The number of benzene rings is 1. The Morgan fingerprint density at radius 3 is 2.95 bits per heavy atom. The van der Waals surface area contributed by atoms with E-state index in [9.17, 15) is 4.79 Å². The molecule has 1 aromatic rings. The number of primary amides is 1. The van der Waals surface area contributed by atoms with Crippen LogP contribution in [0.3, 0.4) is 0 Å². The van der Waals surface area contributed by atoms with Crippen molar-refractivity contribution in [3.8, 4) is 5.75 Å². The zero-order chi connectivity index (χ0) is 15.3. The van der Waals surface area contributed by atoms with Crippen molar-refractivity contribution < 1.29 is 14.3 Å². The van der Waals surface area contributed by atoms with Crippen LogP contribution in [0.2, 0.25) is 0 Å². The van der Waals surface area contributed by atoms with E-state index in [1.54, 1.807) is 7.11 Å². The molecule has 2 unspecified atom stereocenters. The van der Waals surface area contributed by atoms with Crippen LogP contribution in [0.1, 0.15) is 32.6 Å². The molecule has 5 nitrogen and oxygen atoms in total. The molecule has 1 fully saturated rings. The molecule has 0 bridgehead atoms. The molecule has 0 aromatic heterocycles. The summed E-state index contributed by atoms with van der Waals surface area (Å²) in [7, 11) is 1.61. The van der Waals surface area contributed by atoms with Gasteiger partial charge in [0.1, 0.15) is 11.3 Å². The van der Waals surface area contributed by atoms with Crippen LogP contribution in [0, 0.1) is 0 Å². The maximum absolute atomic E-state index is 12.1. The van der Waals surface area contributed by atoms with Gasteiger partial charge in [0.15, 0.2) is 0 Å². The molecular formula is C16H24N2O3. The molecule has 1 aliphatic heterocycles. The van der Waals surface area contributed by atoms with Crippen LogP contribution in [0.25, 0.3) is 0 Å². The fraction of sp³-hybridized carbons (Fsp3) is 0.562. The lowest BCUT2D eigenvalue weighted by molar-refractivity contribution is -0.127. The van der Waals surface area contributed by atoms with Crippen LogP contribution >= 0.6 is 0 Å². The summed E-state index contributed by atoms with van der Waals surface area (Å²) in [6.45, 7) is 2.65. The number of carbonyl (C=O) groups excluding carboxylic acids is 1. The van der Waals surface area contributed by atoms with E-state index in [1.165, 1.54) is 0 Å². The van der Waals surface area contributed by atoms with Gasteiger partial charge in [-0.15, -0.1) is 0 Å². The quantitative estimate of drug-likeness (QED) is 0.844. The first-order valence-corrected chi connectivity index (χ1v) is 7.44. The van der Waals surface area contributed by atoms with Crippen LogP contribution < -0.4 is 15.8 Å². The molecule has 1 saturated heterocycles. The van der Waals surface area contributed by atoms with Crippen LogP contribution in [0.15, 0.2) is 24.3 Å². The zero-order valence-corrected chi connectivity index (χ0v) is 12.7. The summed E-state index contributed by atoms with van der Waals surface area (Å²) < 4.78 is 11.1. The number of nitrogens with two attached hydrogens (primary N) is 1. The number of methoxy groups -OCH3 is 1. The normalized spacial score (nSPS) is 25.3. The molecule has 3 N–H and O–H groups in total. The van der Waals surface area contributed by atoms with Gasteiger partial charge >= 0.3 is 0 Å². The third-order valence-electron chi connectivity index (χ3n) is 4.02. The lowest BCUT2D eigenvalue weighted by atomic mass is 9.84. The van der Waals surface area contributed by atoms with Gasteiger partial charge in [-0.05, 0) is 18.6 Å². The van der Waals surface area contributed by atoms with E-state index in [2.05, 4.69) is 12.2 Å². The van der Waals surface area contributed by atoms with Crippen LogP contribution in [-0.2, 0) is 9.53 Å². The number of hydrogen-bond donors (Lipinski definition) is 2. The van der Waals surface area contributed by atoms with E-state index in [-0.39, 0.29) is 12.0 Å². The smallest absolute Gasteiger partial charge is 0.243 e. The average molecular weight is 292 g/mol. The fourth-order valence-electron chi connectivity index (χ4n) is 2.86. The minimum atomic E-state index is -0.771. The molecule has 116 valence electrons. The zero-order valence-electron chi connectivity index (χ0n) is 12.7. The molecular weight excluding hydrogens is 268 g/mol.